The van der Waals surface area contributed by atoms with Crippen LogP contribution in [0.1, 0.15) is 34.5 Å². The number of anilines is 2. The Morgan fingerprint density at radius 3 is 2.94 bits per heavy atom. The summed E-state index contributed by atoms with van der Waals surface area (Å²) < 4.78 is 0. The lowest BCUT2D eigenvalue weighted by Gasteiger charge is -2.35. The van der Waals surface area contributed by atoms with Gasteiger partial charge < -0.3 is 20.5 Å². The second kappa shape index (κ2) is 7.84. The van der Waals surface area contributed by atoms with Crippen LogP contribution in [0, 0.1) is 0 Å². The van der Waals surface area contributed by atoms with Crippen LogP contribution in [0.2, 0.25) is 0 Å². The molecule has 6 rings (SSSR count). The summed E-state index contributed by atoms with van der Waals surface area (Å²) in [6, 6.07) is 6.81. The van der Waals surface area contributed by atoms with E-state index in [0.29, 0.717) is 17.8 Å². The molecule has 2 fully saturated rings. The number of H-pyrrole nitrogens is 1. The summed E-state index contributed by atoms with van der Waals surface area (Å²) >= 11 is 0. The molecule has 2 atom stereocenters. The molecule has 2 aliphatic heterocycles. The molecule has 9 nitrogen and oxygen atoms in total. The van der Waals surface area contributed by atoms with Gasteiger partial charge in [0.05, 0.1) is 23.1 Å². The number of aromatic amines is 1. The zero-order valence-electron chi connectivity index (χ0n) is 18.6. The summed E-state index contributed by atoms with van der Waals surface area (Å²) in [4.78, 5) is 41.2. The average Bonchev–Trinajstić information content (AvgIpc) is 3.65. The number of carbonyl (C=O) groups is 1. The molecule has 0 spiro atoms. The van der Waals surface area contributed by atoms with E-state index in [-0.39, 0.29) is 11.5 Å². The first-order valence-electron chi connectivity index (χ1n) is 11.6. The van der Waals surface area contributed by atoms with Gasteiger partial charge in [-0.25, -0.2) is 4.98 Å². The third kappa shape index (κ3) is 3.52. The number of pyridine rings is 3. The molecule has 1 amide bonds. The van der Waals surface area contributed by atoms with Crippen LogP contribution >= 0.6 is 0 Å². The monoisotopic (exact) mass is 445 g/mol. The number of hydrogen-bond acceptors (Lipinski definition) is 7. The van der Waals surface area contributed by atoms with E-state index in [0.717, 1.165) is 79.0 Å². The van der Waals surface area contributed by atoms with Crippen LogP contribution in [-0.4, -0.2) is 64.5 Å². The highest BCUT2D eigenvalue weighted by atomic mass is 16.1. The number of piperazine rings is 1. The van der Waals surface area contributed by atoms with Crippen molar-refractivity contribution >= 4 is 28.3 Å². The number of aromatic nitrogens is 3. The Morgan fingerprint density at radius 1 is 1.21 bits per heavy atom. The van der Waals surface area contributed by atoms with Crippen molar-refractivity contribution in [2.75, 3.05) is 36.9 Å². The van der Waals surface area contributed by atoms with Gasteiger partial charge >= 0.3 is 0 Å². The molecule has 0 aromatic carbocycles. The summed E-state index contributed by atoms with van der Waals surface area (Å²) in [5.41, 5.74) is 6.00. The van der Waals surface area contributed by atoms with Crippen molar-refractivity contribution in [2.45, 2.75) is 37.9 Å². The van der Waals surface area contributed by atoms with Crippen LogP contribution in [0.4, 0.5) is 11.4 Å². The molecule has 5 heterocycles. The smallest absolute Gasteiger partial charge is 0.269 e. The van der Waals surface area contributed by atoms with Crippen molar-refractivity contribution in [3.8, 4) is 0 Å². The fraction of sp³-hybridized carbons (Fsp3) is 0.417. The highest BCUT2D eigenvalue weighted by Crippen LogP contribution is 2.40. The largest absolute Gasteiger partial charge is 0.383 e. The number of hydrogen-bond donors (Lipinski definition) is 3. The third-order valence-corrected chi connectivity index (χ3v) is 7.06. The Balaban J connectivity index is 1.17. The number of fused-ring (bicyclic) bond motifs is 4. The van der Waals surface area contributed by atoms with E-state index in [9.17, 15) is 9.59 Å². The molecule has 1 saturated carbocycles. The first kappa shape index (κ1) is 20.2. The lowest BCUT2D eigenvalue weighted by Crippen LogP contribution is -2.46. The molecular formula is C24H27N7O2. The Bertz CT molecular complexity index is 1290. The second-order valence-electron chi connectivity index (χ2n) is 9.09. The molecule has 3 aromatic heterocycles. The molecule has 33 heavy (non-hydrogen) atoms. The van der Waals surface area contributed by atoms with Crippen LogP contribution < -0.4 is 21.1 Å². The quantitative estimate of drug-likeness (QED) is 0.559. The van der Waals surface area contributed by atoms with Crippen LogP contribution in [0.15, 0.2) is 35.4 Å². The Kier molecular flexibility index (Phi) is 4.79. The zero-order chi connectivity index (χ0) is 22.5. The van der Waals surface area contributed by atoms with Gasteiger partial charge in [0.2, 0.25) is 0 Å². The molecule has 0 bridgehead atoms. The summed E-state index contributed by atoms with van der Waals surface area (Å²) in [5.74, 6) is -0.169. The van der Waals surface area contributed by atoms with Crippen LogP contribution in [0.25, 0.3) is 11.0 Å². The van der Waals surface area contributed by atoms with Crippen molar-refractivity contribution in [3.63, 3.8) is 0 Å². The molecule has 3 aromatic rings. The van der Waals surface area contributed by atoms with Gasteiger partial charge in [-0.2, -0.15) is 0 Å². The minimum absolute atomic E-state index is 0.00410. The van der Waals surface area contributed by atoms with Crippen LogP contribution in [0.5, 0.6) is 0 Å². The number of nitrogens with zero attached hydrogens (tertiary/aromatic N) is 4. The topological polar surface area (TPSA) is 106 Å². The summed E-state index contributed by atoms with van der Waals surface area (Å²) in [6.45, 7) is 3.56. The predicted octanol–water partition coefficient (Wildman–Crippen LogP) is 1.50. The minimum Gasteiger partial charge on any atom is -0.383 e. The maximum absolute atomic E-state index is 12.5. The van der Waals surface area contributed by atoms with E-state index in [1.165, 1.54) is 0 Å². The van der Waals surface area contributed by atoms with E-state index < -0.39 is 0 Å². The van der Waals surface area contributed by atoms with E-state index >= 15 is 0 Å². The van der Waals surface area contributed by atoms with Crippen molar-refractivity contribution < 1.29 is 4.79 Å². The highest BCUT2D eigenvalue weighted by Gasteiger charge is 2.48. The van der Waals surface area contributed by atoms with Crippen LogP contribution in [0.3, 0.4) is 0 Å². The van der Waals surface area contributed by atoms with E-state index in [1.54, 1.807) is 19.3 Å². The molecule has 0 unspecified atom stereocenters. The summed E-state index contributed by atoms with van der Waals surface area (Å²) in [5, 5.41) is 5.97. The van der Waals surface area contributed by atoms with Gasteiger partial charge in [0.25, 0.3) is 11.5 Å². The lowest BCUT2D eigenvalue weighted by atomic mass is 10.0. The van der Waals surface area contributed by atoms with Gasteiger partial charge in [-0.05, 0) is 43.0 Å². The molecule has 3 aliphatic rings. The van der Waals surface area contributed by atoms with Crippen molar-refractivity contribution in [3.05, 3.63) is 57.8 Å². The molecule has 0 radical (unpaired) electrons. The molecule has 1 saturated heterocycles. The molecular weight excluding hydrogens is 418 g/mol. The predicted molar refractivity (Wildman–Crippen MR) is 127 cm³/mol. The van der Waals surface area contributed by atoms with Crippen molar-refractivity contribution in [1.82, 2.24) is 25.2 Å². The molecule has 9 heteroatoms. The maximum Gasteiger partial charge on any atom is 0.269 e. The fourth-order valence-electron chi connectivity index (χ4n) is 5.28. The van der Waals surface area contributed by atoms with Gasteiger partial charge in [0, 0.05) is 57.1 Å². The van der Waals surface area contributed by atoms with Gasteiger partial charge in [0.15, 0.2) is 0 Å². The standard InChI is InChI=1S/C24H27N7O2/c1-25-24(33)17-5-4-15(12-27-17)31-8-7-30(19-10-20(19)31)13-14-9-18-22(28-11-14)21-16(23(32)29-18)3-2-6-26-21/h4-5,9,11-12,19-20,26H,2-3,6-8,10,13H2,1H3,(H,25,33)(H,29,32)/t19-,20+/m1/s1. The molecule has 170 valence electrons. The number of rotatable bonds is 4. The highest BCUT2D eigenvalue weighted by molar-refractivity contribution is 5.92. The summed E-state index contributed by atoms with van der Waals surface area (Å²) in [7, 11) is 1.61. The van der Waals surface area contributed by atoms with Crippen molar-refractivity contribution in [2.24, 2.45) is 0 Å². The van der Waals surface area contributed by atoms with Gasteiger partial charge in [-0.1, -0.05) is 0 Å². The van der Waals surface area contributed by atoms with Gasteiger partial charge in [-0.3, -0.25) is 19.5 Å². The Labute approximate surface area is 191 Å². The third-order valence-electron chi connectivity index (χ3n) is 7.06. The van der Waals surface area contributed by atoms with Gasteiger partial charge in [-0.15, -0.1) is 0 Å². The first-order valence-corrected chi connectivity index (χ1v) is 11.6. The zero-order valence-corrected chi connectivity index (χ0v) is 18.6. The Hall–Kier alpha value is -3.46. The maximum atomic E-state index is 12.5. The average molecular weight is 446 g/mol. The normalized spacial score (nSPS) is 21.8. The minimum atomic E-state index is -0.169. The first-order chi connectivity index (χ1) is 16.1. The van der Waals surface area contributed by atoms with Crippen LogP contribution in [-0.2, 0) is 13.0 Å². The van der Waals surface area contributed by atoms with E-state index in [4.69, 9.17) is 4.98 Å². The molecule has 1 aliphatic carbocycles. The molecule has 3 N–H and O–H groups in total. The van der Waals surface area contributed by atoms with E-state index in [2.05, 4.69) is 36.5 Å². The Morgan fingerprint density at radius 2 is 2.12 bits per heavy atom. The SMILES string of the molecule is CNC(=O)c1ccc(N2CCN(Cc3cnc4c5c(c(=O)[nH]c4c3)CCCN5)[C@@H]3C[C@@H]32)cn1. The number of nitrogens with one attached hydrogen (secondary N) is 3. The number of carbonyl (C=O) groups excluding carboxylic acids is 1. The van der Waals surface area contributed by atoms with Gasteiger partial charge in [0.1, 0.15) is 11.2 Å². The van der Waals surface area contributed by atoms with Crippen molar-refractivity contribution in [1.29, 1.82) is 0 Å². The lowest BCUT2D eigenvalue weighted by molar-refractivity contribution is 0.0958. The second-order valence-corrected chi connectivity index (χ2v) is 9.09. The number of amides is 1. The summed E-state index contributed by atoms with van der Waals surface area (Å²) in [6.07, 6.45) is 6.64. The van der Waals surface area contributed by atoms with E-state index in [1.807, 2.05) is 12.3 Å². The fourth-order valence-corrected chi connectivity index (χ4v) is 5.28.